The van der Waals surface area contributed by atoms with Crippen LogP contribution >= 0.6 is 0 Å². The van der Waals surface area contributed by atoms with Crippen LogP contribution in [0.4, 0.5) is 0 Å². The lowest BCUT2D eigenvalue weighted by Crippen LogP contribution is -2.40. The number of sulfonamides is 1. The molecule has 0 unspecified atom stereocenters. The second kappa shape index (κ2) is 10.6. The minimum atomic E-state index is -3.38. The van der Waals surface area contributed by atoms with Crippen molar-refractivity contribution in [2.75, 3.05) is 45.7 Å². The van der Waals surface area contributed by atoms with Crippen molar-refractivity contribution in [3.8, 4) is 23.1 Å². The predicted molar refractivity (Wildman–Crippen MR) is 132 cm³/mol. The van der Waals surface area contributed by atoms with Crippen LogP contribution in [0.5, 0.6) is 5.75 Å². The first-order chi connectivity index (χ1) is 16.5. The lowest BCUT2D eigenvalue weighted by molar-refractivity contribution is 0.0408. The second-order valence-corrected chi connectivity index (χ2v) is 10.2. The van der Waals surface area contributed by atoms with E-state index in [0.717, 1.165) is 46.6 Å². The topological polar surface area (TPSA) is 96.6 Å². The largest absolute Gasteiger partial charge is 0.497 e. The number of ether oxygens (including phenoxy) is 2. The summed E-state index contributed by atoms with van der Waals surface area (Å²) in [6.45, 7) is 6.31. The lowest BCUT2D eigenvalue weighted by atomic mass is 10.0. The molecule has 1 fully saturated rings. The quantitative estimate of drug-likeness (QED) is 0.504. The molecular formula is C25H30N4O4S. The van der Waals surface area contributed by atoms with Crippen LogP contribution < -0.4 is 9.46 Å². The zero-order chi connectivity index (χ0) is 24.1. The Bertz CT molecular complexity index is 1290. The zero-order valence-corrected chi connectivity index (χ0v) is 20.4. The van der Waals surface area contributed by atoms with Crippen molar-refractivity contribution in [1.29, 1.82) is 5.26 Å². The molecule has 0 radical (unpaired) electrons. The van der Waals surface area contributed by atoms with Crippen molar-refractivity contribution in [3.05, 3.63) is 53.6 Å². The number of nitriles is 1. The molecule has 9 heteroatoms. The molecule has 1 aliphatic rings. The first-order valence-corrected chi connectivity index (χ1v) is 13.1. The zero-order valence-electron chi connectivity index (χ0n) is 19.6. The highest BCUT2D eigenvalue weighted by atomic mass is 32.2. The predicted octanol–water partition coefficient (Wildman–Crippen LogP) is 2.96. The van der Waals surface area contributed by atoms with Crippen LogP contribution in [0.2, 0.25) is 0 Å². The summed E-state index contributed by atoms with van der Waals surface area (Å²) in [4.78, 5) is 2.10. The number of aromatic nitrogens is 1. The van der Waals surface area contributed by atoms with Crippen LogP contribution in [-0.2, 0) is 27.8 Å². The van der Waals surface area contributed by atoms with Crippen LogP contribution in [0.25, 0.3) is 22.2 Å². The minimum absolute atomic E-state index is 0.0662. The number of nitrogens with zero attached hydrogens (tertiary/aromatic N) is 3. The summed E-state index contributed by atoms with van der Waals surface area (Å²) in [5.41, 5.74) is 4.19. The molecular weight excluding hydrogens is 452 g/mol. The molecule has 1 aliphatic heterocycles. The van der Waals surface area contributed by atoms with Crippen LogP contribution in [-0.4, -0.2) is 63.6 Å². The smallest absolute Gasteiger partial charge is 0.213 e. The number of rotatable bonds is 9. The van der Waals surface area contributed by atoms with Gasteiger partial charge in [-0.1, -0.05) is 24.3 Å². The first kappa shape index (κ1) is 24.2. The van der Waals surface area contributed by atoms with Gasteiger partial charge < -0.3 is 14.0 Å². The van der Waals surface area contributed by atoms with Gasteiger partial charge in [0.15, 0.2) is 0 Å². The van der Waals surface area contributed by atoms with Gasteiger partial charge >= 0.3 is 0 Å². The Labute approximate surface area is 200 Å². The van der Waals surface area contributed by atoms with Gasteiger partial charge in [-0.3, -0.25) is 4.90 Å². The Balaban J connectivity index is 1.50. The first-order valence-electron chi connectivity index (χ1n) is 11.4. The minimum Gasteiger partial charge on any atom is -0.497 e. The number of aryl methyl sites for hydroxylation is 1. The third kappa shape index (κ3) is 5.26. The lowest BCUT2D eigenvalue weighted by Gasteiger charge is -2.26. The second-order valence-electron chi connectivity index (χ2n) is 8.25. The molecule has 34 heavy (non-hydrogen) atoms. The SMILES string of the molecule is CCn1c(-c2ccc(CNS(=O)(=O)CCN3CCOCC3)cc2)c(C#N)c2ccc(OC)cc21. The van der Waals surface area contributed by atoms with Crippen LogP contribution in [0.3, 0.4) is 0 Å². The van der Waals surface area contributed by atoms with Gasteiger partial charge in [-0.25, -0.2) is 13.1 Å². The van der Waals surface area contributed by atoms with Crippen molar-refractivity contribution in [1.82, 2.24) is 14.2 Å². The monoisotopic (exact) mass is 482 g/mol. The van der Waals surface area contributed by atoms with Gasteiger partial charge in [-0.15, -0.1) is 0 Å². The summed E-state index contributed by atoms with van der Waals surface area (Å²) >= 11 is 0. The average molecular weight is 483 g/mol. The highest BCUT2D eigenvalue weighted by Gasteiger charge is 2.19. The van der Waals surface area contributed by atoms with Crippen LogP contribution in [0.15, 0.2) is 42.5 Å². The molecule has 180 valence electrons. The Hall–Kier alpha value is -2.90. The molecule has 2 aromatic carbocycles. The van der Waals surface area contributed by atoms with Crippen molar-refractivity contribution >= 4 is 20.9 Å². The van der Waals surface area contributed by atoms with E-state index in [-0.39, 0.29) is 12.3 Å². The number of morpholine rings is 1. The summed E-state index contributed by atoms with van der Waals surface area (Å²) in [5, 5.41) is 10.8. The summed E-state index contributed by atoms with van der Waals surface area (Å²) in [5.74, 6) is 0.809. The number of hydrogen-bond acceptors (Lipinski definition) is 6. The normalized spacial score (nSPS) is 14.9. The summed E-state index contributed by atoms with van der Waals surface area (Å²) in [6.07, 6.45) is 0. The van der Waals surface area contributed by atoms with Crippen LogP contribution in [0, 0.1) is 11.3 Å². The van der Waals surface area contributed by atoms with E-state index in [4.69, 9.17) is 9.47 Å². The number of methoxy groups -OCH3 is 1. The van der Waals surface area contributed by atoms with Gasteiger partial charge in [0.05, 0.1) is 42.9 Å². The van der Waals surface area contributed by atoms with Gasteiger partial charge in [0.2, 0.25) is 10.0 Å². The number of hydrogen-bond donors (Lipinski definition) is 1. The van der Waals surface area contributed by atoms with Gasteiger partial charge in [0.1, 0.15) is 11.8 Å². The Morgan fingerprint density at radius 2 is 1.88 bits per heavy atom. The van der Waals surface area contributed by atoms with Gasteiger partial charge in [0.25, 0.3) is 0 Å². The van der Waals surface area contributed by atoms with Crippen molar-refractivity contribution in [2.24, 2.45) is 0 Å². The molecule has 0 atom stereocenters. The number of nitrogens with one attached hydrogen (secondary N) is 1. The standard InChI is InChI=1S/C25H30N4O4S/c1-3-29-24-16-21(32-2)8-9-22(24)23(17-26)25(29)20-6-4-19(5-7-20)18-27-34(30,31)15-12-28-10-13-33-14-11-28/h4-9,16,27H,3,10-15,18H2,1-2H3. The third-order valence-corrected chi connectivity index (χ3v) is 7.51. The average Bonchev–Trinajstić information content (AvgIpc) is 3.20. The highest BCUT2D eigenvalue weighted by Crippen LogP contribution is 2.35. The van der Waals surface area contributed by atoms with Gasteiger partial charge in [-0.2, -0.15) is 5.26 Å². The maximum atomic E-state index is 12.4. The molecule has 1 aromatic heterocycles. The van der Waals surface area contributed by atoms with E-state index in [1.165, 1.54) is 0 Å². The highest BCUT2D eigenvalue weighted by molar-refractivity contribution is 7.89. The maximum Gasteiger partial charge on any atom is 0.213 e. The van der Waals surface area contributed by atoms with Crippen molar-refractivity contribution < 1.29 is 17.9 Å². The fourth-order valence-corrected chi connectivity index (χ4v) is 5.35. The molecule has 0 bridgehead atoms. The molecule has 0 spiro atoms. The van der Waals surface area contributed by atoms with E-state index in [2.05, 4.69) is 20.3 Å². The summed E-state index contributed by atoms with van der Waals surface area (Å²) in [7, 11) is -1.75. The molecule has 8 nitrogen and oxygen atoms in total. The molecule has 3 aromatic rings. The van der Waals surface area contributed by atoms with Crippen LogP contribution in [0.1, 0.15) is 18.1 Å². The summed E-state index contributed by atoms with van der Waals surface area (Å²) < 4.78 is 40.4. The molecule has 0 aliphatic carbocycles. The Morgan fingerprint density at radius 3 is 2.53 bits per heavy atom. The van der Waals surface area contributed by atoms with E-state index in [1.54, 1.807) is 7.11 Å². The molecule has 4 rings (SSSR count). The molecule has 1 N–H and O–H groups in total. The van der Waals surface area contributed by atoms with E-state index in [0.29, 0.717) is 31.9 Å². The van der Waals surface area contributed by atoms with E-state index in [1.807, 2.05) is 49.4 Å². The van der Waals surface area contributed by atoms with Gasteiger partial charge in [-0.05, 0) is 30.2 Å². The molecule has 0 saturated carbocycles. The maximum absolute atomic E-state index is 12.4. The van der Waals surface area contributed by atoms with Crippen molar-refractivity contribution in [3.63, 3.8) is 0 Å². The summed E-state index contributed by atoms with van der Waals surface area (Å²) in [6, 6.07) is 15.8. The fourth-order valence-electron chi connectivity index (χ4n) is 4.32. The number of benzene rings is 2. The Kier molecular flexibility index (Phi) is 7.54. The molecule has 0 amide bonds. The molecule has 1 saturated heterocycles. The van der Waals surface area contributed by atoms with Gasteiger partial charge in [0, 0.05) is 44.2 Å². The van der Waals surface area contributed by atoms with E-state index < -0.39 is 10.0 Å². The van der Waals surface area contributed by atoms with E-state index in [9.17, 15) is 13.7 Å². The van der Waals surface area contributed by atoms with E-state index >= 15 is 0 Å². The fraction of sp³-hybridized carbons (Fsp3) is 0.400. The molecule has 2 heterocycles. The third-order valence-electron chi connectivity index (χ3n) is 6.20. The van der Waals surface area contributed by atoms with Crippen molar-refractivity contribution in [2.45, 2.75) is 20.0 Å². The Morgan fingerprint density at radius 1 is 1.15 bits per heavy atom. The number of fused-ring (bicyclic) bond motifs is 1.